The molecule has 0 aromatic rings. The molecule has 2 aliphatic rings. The molecule has 2 fully saturated rings. The lowest BCUT2D eigenvalue weighted by Crippen LogP contribution is -2.38. The zero-order valence-corrected chi connectivity index (χ0v) is 8.10. The highest BCUT2D eigenvalue weighted by Crippen LogP contribution is 2.29. The van der Waals surface area contributed by atoms with Crippen molar-refractivity contribution in [2.45, 2.75) is 44.8 Å². The molecule has 0 bridgehead atoms. The van der Waals surface area contributed by atoms with Gasteiger partial charge < -0.3 is 10.1 Å². The van der Waals surface area contributed by atoms with Crippen LogP contribution in [-0.2, 0) is 4.74 Å². The first-order chi connectivity index (χ1) is 5.67. The topological polar surface area (TPSA) is 21.3 Å². The first-order valence-electron chi connectivity index (χ1n) is 5.05. The van der Waals surface area contributed by atoms with E-state index in [1.807, 2.05) is 0 Å². The Hall–Kier alpha value is -0.0800. The van der Waals surface area contributed by atoms with Gasteiger partial charge in [-0.1, -0.05) is 6.42 Å². The van der Waals surface area contributed by atoms with Gasteiger partial charge in [0.15, 0.2) is 0 Å². The Morgan fingerprint density at radius 1 is 1.33 bits per heavy atom. The molecule has 0 aromatic heterocycles. The highest BCUT2D eigenvalue weighted by Gasteiger charge is 2.33. The smallest absolute Gasteiger partial charge is 0.0750 e. The van der Waals surface area contributed by atoms with Crippen LogP contribution in [0.5, 0.6) is 0 Å². The molecule has 0 radical (unpaired) electrons. The van der Waals surface area contributed by atoms with E-state index in [4.69, 9.17) is 4.74 Å². The van der Waals surface area contributed by atoms with Crippen molar-refractivity contribution in [3.8, 4) is 0 Å². The standard InChI is InChI=1S/C10H19NO/c1-10(2)7-11-9-5-3-4-8(9)6-12-10/h8-9,11H,3-7H2,1-2H3. The second-order valence-electron chi connectivity index (χ2n) is 4.75. The number of nitrogens with one attached hydrogen (secondary N) is 1. The SMILES string of the molecule is CC1(C)CNC2CCCC2CO1. The number of hydrogen-bond acceptors (Lipinski definition) is 2. The Labute approximate surface area is 74.7 Å². The number of ether oxygens (including phenoxy) is 1. The van der Waals surface area contributed by atoms with E-state index in [1.54, 1.807) is 0 Å². The zero-order chi connectivity index (χ0) is 8.60. The fraction of sp³-hybridized carbons (Fsp3) is 1.00. The highest BCUT2D eigenvalue weighted by atomic mass is 16.5. The third kappa shape index (κ3) is 1.64. The van der Waals surface area contributed by atoms with E-state index >= 15 is 0 Å². The van der Waals surface area contributed by atoms with Gasteiger partial charge in [0.1, 0.15) is 0 Å². The van der Waals surface area contributed by atoms with Crippen molar-refractivity contribution >= 4 is 0 Å². The van der Waals surface area contributed by atoms with Crippen molar-refractivity contribution in [3.63, 3.8) is 0 Å². The van der Waals surface area contributed by atoms with Crippen LogP contribution in [0.15, 0.2) is 0 Å². The normalized spacial score (nSPS) is 40.5. The van der Waals surface area contributed by atoms with E-state index in [0.717, 1.165) is 25.1 Å². The van der Waals surface area contributed by atoms with E-state index < -0.39 is 0 Å². The molecule has 1 aliphatic heterocycles. The lowest BCUT2D eigenvalue weighted by atomic mass is 10.1. The molecule has 1 heterocycles. The van der Waals surface area contributed by atoms with E-state index in [1.165, 1.54) is 19.3 Å². The molecule has 1 saturated carbocycles. The van der Waals surface area contributed by atoms with Gasteiger partial charge in [0.25, 0.3) is 0 Å². The Balaban J connectivity index is 1.99. The fourth-order valence-corrected chi connectivity index (χ4v) is 2.27. The van der Waals surface area contributed by atoms with Gasteiger partial charge in [-0.3, -0.25) is 0 Å². The van der Waals surface area contributed by atoms with Crippen LogP contribution in [0.4, 0.5) is 0 Å². The molecule has 2 heteroatoms. The van der Waals surface area contributed by atoms with Crippen LogP contribution in [0.3, 0.4) is 0 Å². The minimum atomic E-state index is 0.0460. The van der Waals surface area contributed by atoms with E-state index in [9.17, 15) is 0 Å². The Morgan fingerprint density at radius 2 is 2.17 bits per heavy atom. The molecule has 1 saturated heterocycles. The van der Waals surface area contributed by atoms with Crippen molar-refractivity contribution in [3.05, 3.63) is 0 Å². The third-order valence-electron chi connectivity index (χ3n) is 3.14. The molecule has 2 atom stereocenters. The van der Waals surface area contributed by atoms with Crippen molar-refractivity contribution in [2.75, 3.05) is 13.2 Å². The number of fused-ring (bicyclic) bond motifs is 1. The average molecular weight is 169 g/mol. The second kappa shape index (κ2) is 3.00. The first kappa shape index (κ1) is 8.52. The lowest BCUT2D eigenvalue weighted by molar-refractivity contribution is -0.0170. The summed E-state index contributed by atoms with van der Waals surface area (Å²) >= 11 is 0. The van der Waals surface area contributed by atoms with Crippen molar-refractivity contribution in [1.82, 2.24) is 5.32 Å². The molecule has 70 valence electrons. The molecule has 2 rings (SSSR count). The predicted octanol–water partition coefficient (Wildman–Crippen LogP) is 1.55. The Bertz CT molecular complexity index is 151. The summed E-state index contributed by atoms with van der Waals surface area (Å²) in [5.41, 5.74) is 0.0460. The molecule has 2 unspecified atom stereocenters. The molecule has 2 nitrogen and oxygen atoms in total. The number of rotatable bonds is 0. The first-order valence-corrected chi connectivity index (χ1v) is 5.05. The molecule has 0 aromatic carbocycles. The monoisotopic (exact) mass is 169 g/mol. The fourth-order valence-electron chi connectivity index (χ4n) is 2.27. The van der Waals surface area contributed by atoms with E-state index in [2.05, 4.69) is 19.2 Å². The molecule has 0 spiro atoms. The molecule has 12 heavy (non-hydrogen) atoms. The van der Waals surface area contributed by atoms with Gasteiger partial charge in [0, 0.05) is 12.6 Å². The summed E-state index contributed by atoms with van der Waals surface area (Å²) in [4.78, 5) is 0. The molecular weight excluding hydrogens is 150 g/mol. The van der Waals surface area contributed by atoms with Gasteiger partial charge in [-0.15, -0.1) is 0 Å². The van der Waals surface area contributed by atoms with Crippen molar-refractivity contribution in [2.24, 2.45) is 5.92 Å². The molecular formula is C10H19NO. The Morgan fingerprint density at radius 3 is 3.00 bits per heavy atom. The van der Waals surface area contributed by atoms with Crippen LogP contribution in [0.1, 0.15) is 33.1 Å². The van der Waals surface area contributed by atoms with Gasteiger partial charge >= 0.3 is 0 Å². The largest absolute Gasteiger partial charge is 0.374 e. The van der Waals surface area contributed by atoms with Crippen LogP contribution < -0.4 is 5.32 Å². The second-order valence-corrected chi connectivity index (χ2v) is 4.75. The molecule has 1 N–H and O–H groups in total. The van der Waals surface area contributed by atoms with Gasteiger partial charge in [-0.25, -0.2) is 0 Å². The van der Waals surface area contributed by atoms with E-state index in [-0.39, 0.29) is 5.60 Å². The van der Waals surface area contributed by atoms with Crippen molar-refractivity contribution in [1.29, 1.82) is 0 Å². The summed E-state index contributed by atoms with van der Waals surface area (Å²) in [6.07, 6.45) is 4.09. The quantitative estimate of drug-likeness (QED) is 0.594. The summed E-state index contributed by atoms with van der Waals surface area (Å²) in [7, 11) is 0. The maximum absolute atomic E-state index is 5.84. The maximum Gasteiger partial charge on any atom is 0.0750 e. The van der Waals surface area contributed by atoms with Gasteiger partial charge in [0.05, 0.1) is 12.2 Å². The van der Waals surface area contributed by atoms with Crippen LogP contribution in [0.25, 0.3) is 0 Å². The molecule has 0 amide bonds. The summed E-state index contributed by atoms with van der Waals surface area (Å²) < 4.78 is 5.84. The summed E-state index contributed by atoms with van der Waals surface area (Å²) in [5, 5.41) is 3.61. The summed E-state index contributed by atoms with van der Waals surface area (Å²) in [6.45, 7) is 6.31. The average Bonchev–Trinajstić information content (AvgIpc) is 2.40. The number of hydrogen-bond donors (Lipinski definition) is 1. The maximum atomic E-state index is 5.84. The summed E-state index contributed by atoms with van der Waals surface area (Å²) in [6, 6.07) is 0.742. The minimum absolute atomic E-state index is 0.0460. The lowest BCUT2D eigenvalue weighted by Gasteiger charge is -2.23. The minimum Gasteiger partial charge on any atom is -0.374 e. The summed E-state index contributed by atoms with van der Waals surface area (Å²) in [5.74, 6) is 0.784. The third-order valence-corrected chi connectivity index (χ3v) is 3.14. The predicted molar refractivity (Wildman–Crippen MR) is 49.2 cm³/mol. The highest BCUT2D eigenvalue weighted by molar-refractivity contribution is 4.89. The van der Waals surface area contributed by atoms with Crippen LogP contribution in [0, 0.1) is 5.92 Å². The van der Waals surface area contributed by atoms with E-state index in [0.29, 0.717) is 0 Å². The zero-order valence-electron chi connectivity index (χ0n) is 8.10. The van der Waals surface area contributed by atoms with Gasteiger partial charge in [0.2, 0.25) is 0 Å². The molecule has 1 aliphatic carbocycles. The van der Waals surface area contributed by atoms with Crippen molar-refractivity contribution < 1.29 is 4.74 Å². The van der Waals surface area contributed by atoms with Gasteiger partial charge in [-0.05, 0) is 32.6 Å². The van der Waals surface area contributed by atoms with Gasteiger partial charge in [-0.2, -0.15) is 0 Å². The van der Waals surface area contributed by atoms with Crippen LogP contribution in [0.2, 0.25) is 0 Å². The van der Waals surface area contributed by atoms with Crippen LogP contribution in [-0.4, -0.2) is 24.8 Å². The van der Waals surface area contributed by atoms with Crippen LogP contribution >= 0.6 is 0 Å². The Kier molecular flexibility index (Phi) is 2.13.